The molecule has 1 aromatic heterocycles. The van der Waals surface area contributed by atoms with Gasteiger partial charge >= 0.3 is 19.5 Å². The molecule has 0 N–H and O–H groups in total. The molecule has 0 aliphatic carbocycles. The maximum atomic E-state index is 8.28. The Balaban J connectivity index is 0.000000640. The molecule has 0 spiro atoms. The van der Waals surface area contributed by atoms with Crippen molar-refractivity contribution >= 4 is 11.3 Å². The summed E-state index contributed by atoms with van der Waals surface area (Å²) in [4.78, 5) is 1.68. The van der Waals surface area contributed by atoms with E-state index in [1.165, 1.54) is 11.3 Å². The van der Waals surface area contributed by atoms with Crippen LogP contribution in [0.5, 0.6) is 0 Å². The van der Waals surface area contributed by atoms with Gasteiger partial charge in [0.2, 0.25) is 0 Å². The van der Waals surface area contributed by atoms with Crippen LogP contribution < -0.4 is 0 Å². The van der Waals surface area contributed by atoms with Gasteiger partial charge in [-0.25, -0.2) is 6.92 Å². The average molecular weight is 188 g/mol. The summed E-state index contributed by atoms with van der Waals surface area (Å²) in [7, 11) is 0. The van der Waals surface area contributed by atoms with Gasteiger partial charge in [0.1, 0.15) is 6.07 Å². The Morgan fingerprint density at radius 2 is 2.22 bits per heavy atom. The van der Waals surface area contributed by atoms with E-state index in [0.29, 0.717) is 0 Å². The molecule has 1 nitrogen and oxygen atoms in total. The van der Waals surface area contributed by atoms with E-state index in [1.807, 2.05) is 12.1 Å². The van der Waals surface area contributed by atoms with E-state index in [-0.39, 0.29) is 19.5 Å². The largest absolute Gasteiger partial charge is 2.00 e. The Kier molecular flexibility index (Phi) is 3.53. The predicted molar refractivity (Wildman–Crippen MR) is 33.5 cm³/mol. The molecular weight excluding hydrogens is 184 g/mol. The van der Waals surface area contributed by atoms with Crippen molar-refractivity contribution < 1.29 is 19.5 Å². The number of nitrogens with zero attached hydrogens (tertiary/aromatic N) is 1. The first-order valence-corrected chi connectivity index (χ1v) is 2.96. The minimum Gasteiger partial charge on any atom is -0.228 e. The molecule has 9 heavy (non-hydrogen) atoms. The number of nitriles is 1. The number of hydrogen-bond donors (Lipinski definition) is 0. The van der Waals surface area contributed by atoms with Crippen LogP contribution in [0.3, 0.4) is 0 Å². The van der Waals surface area contributed by atoms with Crippen LogP contribution in [0.2, 0.25) is 0 Å². The van der Waals surface area contributed by atoms with Crippen molar-refractivity contribution in [3.05, 3.63) is 28.8 Å². The summed E-state index contributed by atoms with van der Waals surface area (Å²) in [5.74, 6) is 0. The summed E-state index contributed by atoms with van der Waals surface area (Å²) in [6.07, 6.45) is 0. The molecule has 1 heterocycles. The molecule has 0 saturated carbocycles. The first-order valence-electron chi connectivity index (χ1n) is 2.15. The van der Waals surface area contributed by atoms with Gasteiger partial charge in [0.05, 0.1) is 4.88 Å². The summed E-state index contributed by atoms with van der Waals surface area (Å²) in [6, 6.07) is 5.63. The van der Waals surface area contributed by atoms with Crippen LogP contribution in [0.15, 0.2) is 12.1 Å². The van der Waals surface area contributed by atoms with Crippen molar-refractivity contribution in [2.24, 2.45) is 0 Å². The molecule has 0 bridgehead atoms. The van der Waals surface area contributed by atoms with Gasteiger partial charge < -0.3 is 0 Å². The quantitative estimate of drug-likeness (QED) is 0.449. The molecule has 40 valence electrons. The molecule has 0 unspecified atom stereocenters. The predicted octanol–water partition coefficient (Wildman–Crippen LogP) is 1.80. The van der Waals surface area contributed by atoms with Gasteiger partial charge in [-0.05, 0) is 0 Å². The van der Waals surface area contributed by atoms with Gasteiger partial charge in [-0.15, -0.1) is 10.9 Å². The second kappa shape index (κ2) is 3.66. The van der Waals surface area contributed by atoms with Gasteiger partial charge in [-0.1, -0.05) is 0 Å². The minimum atomic E-state index is 0. The van der Waals surface area contributed by atoms with Gasteiger partial charge in [0, 0.05) is 0 Å². The van der Waals surface area contributed by atoms with Gasteiger partial charge in [0.15, 0.2) is 0 Å². The second-order valence-corrected chi connectivity index (χ2v) is 2.55. The van der Waals surface area contributed by atoms with E-state index in [2.05, 4.69) is 6.92 Å². The van der Waals surface area contributed by atoms with Gasteiger partial charge in [-0.2, -0.15) is 22.7 Å². The molecule has 1 rings (SSSR count). The van der Waals surface area contributed by atoms with E-state index < -0.39 is 0 Å². The Bertz CT molecular complexity index is 223. The molecule has 0 aliphatic rings. The van der Waals surface area contributed by atoms with E-state index in [0.717, 1.165) is 9.75 Å². The van der Waals surface area contributed by atoms with Crippen molar-refractivity contribution in [1.82, 2.24) is 0 Å². The zero-order valence-corrected chi connectivity index (χ0v) is 8.71. The van der Waals surface area contributed by atoms with Crippen LogP contribution in [0.25, 0.3) is 0 Å². The third-order valence-corrected chi connectivity index (χ3v) is 1.62. The Morgan fingerprint density at radius 3 is 2.44 bits per heavy atom. The smallest absolute Gasteiger partial charge is 0.228 e. The molecular formula is C6H4NSZn+. The monoisotopic (exact) mass is 186 g/mol. The Morgan fingerprint density at radius 1 is 1.56 bits per heavy atom. The van der Waals surface area contributed by atoms with Gasteiger partial charge in [0.25, 0.3) is 0 Å². The fourth-order valence-electron chi connectivity index (χ4n) is 0.438. The molecule has 0 saturated heterocycles. The minimum absolute atomic E-state index is 0. The molecule has 0 aromatic carbocycles. The van der Waals surface area contributed by atoms with Crippen molar-refractivity contribution in [1.29, 1.82) is 5.26 Å². The number of rotatable bonds is 0. The molecule has 0 fully saturated rings. The second-order valence-electron chi connectivity index (χ2n) is 1.38. The fraction of sp³-hybridized carbons (Fsp3) is 0. The van der Waals surface area contributed by atoms with Crippen LogP contribution in [0.1, 0.15) is 9.75 Å². The standard InChI is InChI=1S/C6H4NS.Zn/c1-5-2-3-6(4-7)8-5;/h2-3H,1H2;/q-1;+2. The molecule has 3 heteroatoms. The fourth-order valence-corrected chi connectivity index (χ4v) is 1.04. The average Bonchev–Trinajstić information content (AvgIpc) is 2.14. The topological polar surface area (TPSA) is 23.8 Å². The number of hydrogen-bond acceptors (Lipinski definition) is 2. The van der Waals surface area contributed by atoms with Crippen LogP contribution in [-0.4, -0.2) is 0 Å². The Hall–Kier alpha value is -0.317. The summed E-state index contributed by atoms with van der Waals surface area (Å²) >= 11 is 1.42. The van der Waals surface area contributed by atoms with Crippen molar-refractivity contribution in [2.75, 3.05) is 0 Å². The van der Waals surface area contributed by atoms with Crippen LogP contribution in [0.4, 0.5) is 0 Å². The van der Waals surface area contributed by atoms with E-state index >= 15 is 0 Å². The summed E-state index contributed by atoms with van der Waals surface area (Å²) in [6.45, 7) is 3.66. The zero-order valence-electron chi connectivity index (χ0n) is 4.92. The molecule has 0 atom stereocenters. The first-order chi connectivity index (χ1) is 3.83. The molecule has 0 radical (unpaired) electrons. The van der Waals surface area contributed by atoms with Crippen LogP contribution in [-0.2, 0) is 19.5 Å². The van der Waals surface area contributed by atoms with Crippen molar-refractivity contribution in [3.63, 3.8) is 0 Å². The van der Waals surface area contributed by atoms with Gasteiger partial charge in [-0.3, -0.25) is 0 Å². The third kappa shape index (κ3) is 2.17. The van der Waals surface area contributed by atoms with E-state index in [9.17, 15) is 0 Å². The zero-order chi connectivity index (χ0) is 5.98. The normalized spacial score (nSPS) is 7.44. The molecule has 1 aromatic rings. The van der Waals surface area contributed by atoms with Crippen LogP contribution in [0, 0.1) is 18.3 Å². The third-order valence-electron chi connectivity index (χ3n) is 0.772. The summed E-state index contributed by atoms with van der Waals surface area (Å²) in [5.41, 5.74) is 0. The number of thiophene rings is 1. The SMILES string of the molecule is [CH2-]c1ccc(C#N)s1.[Zn+2]. The molecule has 0 aliphatic heterocycles. The maximum absolute atomic E-state index is 8.28. The van der Waals surface area contributed by atoms with Crippen molar-refractivity contribution in [2.45, 2.75) is 0 Å². The first kappa shape index (κ1) is 8.68. The van der Waals surface area contributed by atoms with Crippen molar-refractivity contribution in [3.8, 4) is 6.07 Å². The molecule has 0 amide bonds. The van der Waals surface area contributed by atoms with E-state index in [1.54, 1.807) is 6.07 Å². The Labute approximate surface area is 71.1 Å². The van der Waals surface area contributed by atoms with E-state index in [4.69, 9.17) is 5.26 Å². The van der Waals surface area contributed by atoms with Crippen LogP contribution >= 0.6 is 11.3 Å². The maximum Gasteiger partial charge on any atom is 2.00 e. The summed E-state index contributed by atoms with van der Waals surface area (Å²) < 4.78 is 0. The summed E-state index contributed by atoms with van der Waals surface area (Å²) in [5, 5.41) is 8.28.